The van der Waals surface area contributed by atoms with Crippen LogP contribution in [0.2, 0.25) is 0 Å². The second kappa shape index (κ2) is 7.81. The molecule has 0 bridgehead atoms. The number of hydrogen-bond acceptors (Lipinski definition) is 7. The van der Waals surface area contributed by atoms with E-state index in [-0.39, 0.29) is 11.8 Å². The number of nitrogens with one attached hydrogen (secondary N) is 2. The van der Waals surface area contributed by atoms with Gasteiger partial charge < -0.3 is 20.3 Å². The number of anilines is 2. The first-order valence-electron chi connectivity index (χ1n) is 9.34. The minimum absolute atomic E-state index is 0.267. The molecule has 2 N–H and O–H groups in total. The summed E-state index contributed by atoms with van der Waals surface area (Å²) in [4.78, 5) is 23.9. The molecule has 0 aromatic carbocycles. The minimum atomic E-state index is -0.316. The highest BCUT2D eigenvalue weighted by Gasteiger charge is 2.18. The lowest BCUT2D eigenvalue weighted by Gasteiger charge is -2.29. The largest absolute Gasteiger partial charge is 0.477 e. The zero-order chi connectivity index (χ0) is 19.5. The summed E-state index contributed by atoms with van der Waals surface area (Å²) in [5.74, 6) is 0.436. The molecule has 0 saturated carbocycles. The second-order valence-corrected chi connectivity index (χ2v) is 6.58. The number of ether oxygens (including phenoxy) is 1. The fourth-order valence-corrected chi connectivity index (χ4v) is 3.22. The van der Waals surface area contributed by atoms with Crippen LogP contribution in [0.1, 0.15) is 17.3 Å². The summed E-state index contributed by atoms with van der Waals surface area (Å²) in [7, 11) is 1.81. The van der Waals surface area contributed by atoms with Gasteiger partial charge in [0.15, 0.2) is 5.65 Å². The van der Waals surface area contributed by atoms with E-state index in [1.807, 2.05) is 32.3 Å². The van der Waals surface area contributed by atoms with E-state index in [9.17, 15) is 4.79 Å². The van der Waals surface area contributed by atoms with Crippen LogP contribution in [0.5, 0.6) is 5.88 Å². The Balaban J connectivity index is 1.54. The molecule has 3 aromatic heterocycles. The lowest BCUT2D eigenvalue weighted by atomic mass is 10.2. The summed E-state index contributed by atoms with van der Waals surface area (Å²) in [6, 6.07) is 5.52. The van der Waals surface area contributed by atoms with E-state index in [0.29, 0.717) is 23.6 Å². The minimum Gasteiger partial charge on any atom is -0.477 e. The van der Waals surface area contributed by atoms with E-state index in [0.717, 1.165) is 37.3 Å². The maximum absolute atomic E-state index is 12.8. The number of carbonyl (C=O) groups is 1. The Morgan fingerprint density at radius 3 is 2.86 bits per heavy atom. The molecule has 1 aliphatic rings. The number of hydrogen-bond donors (Lipinski definition) is 2. The number of aromatic nitrogens is 4. The number of rotatable bonds is 5. The zero-order valence-electron chi connectivity index (χ0n) is 16.0. The lowest BCUT2D eigenvalue weighted by Crippen LogP contribution is -2.43. The molecular formula is C19H23N7O2. The first kappa shape index (κ1) is 18.2. The van der Waals surface area contributed by atoms with Crippen LogP contribution in [-0.2, 0) is 7.05 Å². The third-order valence-electron chi connectivity index (χ3n) is 4.57. The van der Waals surface area contributed by atoms with Gasteiger partial charge in [-0.2, -0.15) is 10.1 Å². The van der Waals surface area contributed by atoms with Gasteiger partial charge in [-0.1, -0.05) is 0 Å². The van der Waals surface area contributed by atoms with Crippen molar-refractivity contribution in [2.45, 2.75) is 6.92 Å². The first-order valence-corrected chi connectivity index (χ1v) is 9.34. The molecule has 146 valence electrons. The monoisotopic (exact) mass is 381 g/mol. The molecule has 0 radical (unpaired) electrons. The number of fused-ring (bicyclic) bond motifs is 1. The highest BCUT2D eigenvalue weighted by Crippen LogP contribution is 2.23. The number of aryl methyl sites for hydroxylation is 1. The number of carbonyl (C=O) groups excluding carboxylic acids is 1. The summed E-state index contributed by atoms with van der Waals surface area (Å²) in [5.41, 5.74) is 1.95. The molecule has 0 atom stereocenters. The van der Waals surface area contributed by atoms with Crippen molar-refractivity contribution in [3.05, 3.63) is 36.2 Å². The van der Waals surface area contributed by atoms with E-state index in [1.54, 1.807) is 16.9 Å². The average molecular weight is 381 g/mol. The summed E-state index contributed by atoms with van der Waals surface area (Å²) in [6.07, 6.45) is 3.60. The number of piperazine rings is 1. The fraction of sp³-hybridized carbons (Fsp3) is 0.368. The molecule has 9 heteroatoms. The summed E-state index contributed by atoms with van der Waals surface area (Å²) < 4.78 is 7.22. The van der Waals surface area contributed by atoms with Gasteiger partial charge in [-0.15, -0.1) is 0 Å². The maximum Gasteiger partial charge on any atom is 0.262 e. The normalized spacial score (nSPS) is 14.3. The standard InChI is InChI=1S/C19H23N7O2/c1-3-28-19-15(10-13-12-25(2)24-17(13)23-19)18(27)22-16-5-4-14(11-21-16)26-8-6-20-7-9-26/h4-5,10-12,20H,3,6-9H2,1-2H3,(H,21,22,27). The summed E-state index contributed by atoms with van der Waals surface area (Å²) >= 11 is 0. The molecule has 0 unspecified atom stereocenters. The maximum atomic E-state index is 12.8. The average Bonchev–Trinajstić information content (AvgIpc) is 3.08. The van der Waals surface area contributed by atoms with E-state index >= 15 is 0 Å². The molecule has 1 aliphatic heterocycles. The van der Waals surface area contributed by atoms with Gasteiger partial charge in [-0.3, -0.25) is 9.48 Å². The summed E-state index contributed by atoms with van der Waals surface area (Å²) in [5, 5.41) is 11.2. The van der Waals surface area contributed by atoms with Crippen LogP contribution in [0.4, 0.5) is 11.5 Å². The van der Waals surface area contributed by atoms with Crippen molar-refractivity contribution in [1.82, 2.24) is 25.1 Å². The van der Waals surface area contributed by atoms with E-state index in [2.05, 4.69) is 30.6 Å². The Kier molecular flexibility index (Phi) is 5.07. The van der Waals surface area contributed by atoms with E-state index in [1.165, 1.54) is 0 Å². The Hall–Kier alpha value is -3.20. The molecule has 4 heterocycles. The Bertz CT molecular complexity index is 978. The van der Waals surface area contributed by atoms with Crippen molar-refractivity contribution < 1.29 is 9.53 Å². The van der Waals surface area contributed by atoms with Crippen molar-refractivity contribution in [2.75, 3.05) is 43.0 Å². The highest BCUT2D eigenvalue weighted by molar-refractivity contribution is 6.07. The molecule has 1 fully saturated rings. The number of pyridine rings is 2. The SMILES string of the molecule is CCOc1nc2nn(C)cc2cc1C(=O)Nc1ccc(N2CCNCC2)cn1. The number of amides is 1. The van der Waals surface area contributed by atoms with Gasteiger partial charge in [0, 0.05) is 44.8 Å². The van der Waals surface area contributed by atoms with Crippen LogP contribution in [0.25, 0.3) is 11.0 Å². The predicted octanol–water partition coefficient (Wildman–Crippen LogP) is 1.42. The molecule has 28 heavy (non-hydrogen) atoms. The van der Waals surface area contributed by atoms with Crippen molar-refractivity contribution in [2.24, 2.45) is 7.05 Å². The van der Waals surface area contributed by atoms with Crippen molar-refractivity contribution >= 4 is 28.4 Å². The molecule has 0 aliphatic carbocycles. The number of nitrogens with zero attached hydrogens (tertiary/aromatic N) is 5. The molecular weight excluding hydrogens is 358 g/mol. The quantitative estimate of drug-likeness (QED) is 0.690. The molecule has 0 spiro atoms. The van der Waals surface area contributed by atoms with Gasteiger partial charge in [-0.05, 0) is 25.1 Å². The van der Waals surface area contributed by atoms with E-state index < -0.39 is 0 Å². The second-order valence-electron chi connectivity index (χ2n) is 6.58. The van der Waals surface area contributed by atoms with Gasteiger partial charge in [0.1, 0.15) is 11.4 Å². The molecule has 4 rings (SSSR count). The first-order chi connectivity index (χ1) is 13.6. The Morgan fingerprint density at radius 2 is 2.14 bits per heavy atom. The van der Waals surface area contributed by atoms with Crippen molar-refractivity contribution in [3.63, 3.8) is 0 Å². The van der Waals surface area contributed by atoms with Gasteiger partial charge in [0.2, 0.25) is 5.88 Å². The topological polar surface area (TPSA) is 97.2 Å². The van der Waals surface area contributed by atoms with Gasteiger partial charge in [-0.25, -0.2) is 4.98 Å². The third kappa shape index (κ3) is 3.74. The van der Waals surface area contributed by atoms with Crippen LogP contribution in [0.15, 0.2) is 30.6 Å². The predicted molar refractivity (Wildman–Crippen MR) is 107 cm³/mol. The third-order valence-corrected chi connectivity index (χ3v) is 4.57. The van der Waals surface area contributed by atoms with Gasteiger partial charge >= 0.3 is 0 Å². The van der Waals surface area contributed by atoms with Crippen LogP contribution in [-0.4, -0.2) is 58.4 Å². The smallest absolute Gasteiger partial charge is 0.262 e. The molecule has 3 aromatic rings. The van der Waals surface area contributed by atoms with Crippen molar-refractivity contribution in [3.8, 4) is 5.88 Å². The van der Waals surface area contributed by atoms with Crippen LogP contribution in [0, 0.1) is 0 Å². The lowest BCUT2D eigenvalue weighted by molar-refractivity contribution is 0.102. The molecule has 1 amide bonds. The highest BCUT2D eigenvalue weighted by atomic mass is 16.5. The fourth-order valence-electron chi connectivity index (χ4n) is 3.22. The van der Waals surface area contributed by atoms with Crippen LogP contribution < -0.4 is 20.3 Å². The zero-order valence-corrected chi connectivity index (χ0v) is 16.0. The van der Waals surface area contributed by atoms with Gasteiger partial charge in [0.25, 0.3) is 5.91 Å². The molecule has 9 nitrogen and oxygen atoms in total. The Labute approximate surface area is 162 Å². The van der Waals surface area contributed by atoms with Crippen LogP contribution in [0.3, 0.4) is 0 Å². The van der Waals surface area contributed by atoms with E-state index in [4.69, 9.17) is 4.74 Å². The summed E-state index contributed by atoms with van der Waals surface area (Å²) in [6.45, 7) is 6.07. The Morgan fingerprint density at radius 1 is 1.32 bits per heavy atom. The van der Waals surface area contributed by atoms with Crippen molar-refractivity contribution in [1.29, 1.82) is 0 Å². The van der Waals surface area contributed by atoms with Gasteiger partial charge in [0.05, 0.1) is 18.5 Å². The molecule has 1 saturated heterocycles. The van der Waals surface area contributed by atoms with Crippen LogP contribution >= 0.6 is 0 Å².